The summed E-state index contributed by atoms with van der Waals surface area (Å²) in [4.78, 5) is 11.5. The van der Waals surface area contributed by atoms with E-state index in [4.69, 9.17) is 0 Å². The number of sulfonamides is 1. The summed E-state index contributed by atoms with van der Waals surface area (Å²) in [5.41, 5.74) is 2.28. The number of hydrogen-bond donors (Lipinski definition) is 2. The summed E-state index contributed by atoms with van der Waals surface area (Å²) in [5, 5.41) is 12.2. The molecule has 0 spiro atoms. The van der Waals surface area contributed by atoms with Gasteiger partial charge in [0.15, 0.2) is 0 Å². The molecule has 0 amide bonds. The van der Waals surface area contributed by atoms with Gasteiger partial charge in [-0.15, -0.1) is 0 Å². The van der Waals surface area contributed by atoms with Crippen LogP contribution in [0.3, 0.4) is 0 Å². The maximum absolute atomic E-state index is 12.9. The number of piperazine rings is 1. The van der Waals surface area contributed by atoms with Gasteiger partial charge in [0.25, 0.3) is 0 Å². The predicted molar refractivity (Wildman–Crippen MR) is 78.8 cm³/mol. The van der Waals surface area contributed by atoms with Crippen LogP contribution in [0.2, 0.25) is 0 Å². The molecular formula is C14H20N2O4S. The number of aryl methyl sites for hydroxylation is 3. The Bertz CT molecular complexity index is 647. The quantitative estimate of drug-likeness (QED) is 0.856. The van der Waals surface area contributed by atoms with Crippen molar-refractivity contribution in [2.24, 2.45) is 0 Å². The fourth-order valence-corrected chi connectivity index (χ4v) is 4.87. The van der Waals surface area contributed by atoms with E-state index < -0.39 is 22.0 Å². The van der Waals surface area contributed by atoms with Crippen molar-refractivity contribution in [3.8, 4) is 0 Å². The van der Waals surface area contributed by atoms with Crippen LogP contribution in [-0.2, 0) is 14.8 Å². The van der Waals surface area contributed by atoms with Crippen molar-refractivity contribution in [3.05, 3.63) is 28.8 Å². The van der Waals surface area contributed by atoms with Gasteiger partial charge < -0.3 is 10.4 Å². The Morgan fingerprint density at radius 3 is 2.38 bits per heavy atom. The fourth-order valence-electron chi connectivity index (χ4n) is 2.87. The molecule has 1 aliphatic rings. The second-order valence-electron chi connectivity index (χ2n) is 5.40. The summed E-state index contributed by atoms with van der Waals surface area (Å²) in [6.07, 6.45) is 0. The lowest BCUT2D eigenvalue weighted by molar-refractivity contribution is -0.141. The Balaban J connectivity index is 2.53. The standard InChI is InChI=1S/C14H20N2O4S/c1-9-6-10(2)13(11(3)7-9)21(19,20)16-5-4-15-8-12(16)14(17)18/h6-7,12,15H,4-5,8H2,1-3H3,(H,17,18). The lowest BCUT2D eigenvalue weighted by Crippen LogP contribution is -2.56. The molecule has 1 fully saturated rings. The molecule has 1 unspecified atom stereocenters. The van der Waals surface area contributed by atoms with Crippen molar-refractivity contribution >= 4 is 16.0 Å². The van der Waals surface area contributed by atoms with Gasteiger partial charge in [-0.3, -0.25) is 4.79 Å². The molecule has 7 heteroatoms. The lowest BCUT2D eigenvalue weighted by atomic mass is 10.1. The highest BCUT2D eigenvalue weighted by atomic mass is 32.2. The minimum atomic E-state index is -3.82. The Kier molecular flexibility index (Phi) is 4.36. The zero-order valence-electron chi connectivity index (χ0n) is 12.4. The van der Waals surface area contributed by atoms with Gasteiger partial charge >= 0.3 is 5.97 Å². The van der Waals surface area contributed by atoms with Crippen LogP contribution in [-0.4, -0.2) is 49.5 Å². The molecule has 1 aliphatic heterocycles. The third kappa shape index (κ3) is 2.95. The zero-order chi connectivity index (χ0) is 15.8. The molecule has 0 aromatic heterocycles. The summed E-state index contributed by atoms with van der Waals surface area (Å²) in [6, 6.07) is 2.54. The predicted octanol–water partition coefficient (Wildman–Crippen LogP) is 0.659. The van der Waals surface area contributed by atoms with Crippen LogP contribution in [0.1, 0.15) is 16.7 Å². The van der Waals surface area contributed by atoms with E-state index in [2.05, 4.69) is 5.32 Å². The van der Waals surface area contributed by atoms with Crippen molar-refractivity contribution in [1.29, 1.82) is 0 Å². The monoisotopic (exact) mass is 312 g/mol. The van der Waals surface area contributed by atoms with Crippen molar-refractivity contribution in [2.45, 2.75) is 31.7 Å². The van der Waals surface area contributed by atoms with E-state index in [-0.39, 0.29) is 18.0 Å². The summed E-state index contributed by atoms with van der Waals surface area (Å²) >= 11 is 0. The normalized spacial score (nSPS) is 20.4. The molecule has 0 radical (unpaired) electrons. The lowest BCUT2D eigenvalue weighted by Gasteiger charge is -2.33. The summed E-state index contributed by atoms with van der Waals surface area (Å²) in [5.74, 6) is -1.13. The largest absolute Gasteiger partial charge is 0.480 e. The minimum absolute atomic E-state index is 0.124. The maximum Gasteiger partial charge on any atom is 0.323 e. The summed E-state index contributed by atoms with van der Waals surface area (Å²) in [7, 11) is -3.82. The van der Waals surface area contributed by atoms with Crippen molar-refractivity contribution in [2.75, 3.05) is 19.6 Å². The topological polar surface area (TPSA) is 86.7 Å². The van der Waals surface area contributed by atoms with E-state index in [0.717, 1.165) is 9.87 Å². The third-order valence-electron chi connectivity index (χ3n) is 3.65. The molecule has 21 heavy (non-hydrogen) atoms. The summed E-state index contributed by atoms with van der Waals surface area (Å²) < 4.78 is 26.9. The van der Waals surface area contributed by atoms with E-state index in [1.54, 1.807) is 26.0 Å². The van der Waals surface area contributed by atoms with E-state index in [9.17, 15) is 18.3 Å². The van der Waals surface area contributed by atoms with Crippen LogP contribution in [0.5, 0.6) is 0 Å². The number of nitrogens with zero attached hydrogens (tertiary/aromatic N) is 1. The van der Waals surface area contributed by atoms with E-state index in [1.807, 2.05) is 6.92 Å². The van der Waals surface area contributed by atoms with Gasteiger partial charge in [-0.25, -0.2) is 8.42 Å². The molecule has 2 N–H and O–H groups in total. The van der Waals surface area contributed by atoms with Crippen molar-refractivity contribution in [3.63, 3.8) is 0 Å². The average Bonchev–Trinajstić information content (AvgIpc) is 2.37. The first-order valence-corrected chi connectivity index (χ1v) is 8.22. The molecule has 0 bridgehead atoms. The number of carboxylic acids is 1. The van der Waals surface area contributed by atoms with Gasteiger partial charge in [-0.1, -0.05) is 17.7 Å². The first-order valence-electron chi connectivity index (χ1n) is 6.78. The number of nitrogens with one attached hydrogen (secondary N) is 1. The average molecular weight is 312 g/mol. The number of carboxylic acid groups (broad SMARTS) is 1. The maximum atomic E-state index is 12.9. The Morgan fingerprint density at radius 1 is 1.29 bits per heavy atom. The van der Waals surface area contributed by atoms with Gasteiger partial charge in [0.2, 0.25) is 10.0 Å². The highest BCUT2D eigenvalue weighted by Gasteiger charge is 2.38. The highest BCUT2D eigenvalue weighted by Crippen LogP contribution is 2.27. The Labute approximate surface area is 124 Å². The molecule has 2 rings (SSSR count). The SMILES string of the molecule is Cc1cc(C)c(S(=O)(=O)N2CCNCC2C(=O)O)c(C)c1. The number of hydrogen-bond acceptors (Lipinski definition) is 4. The fraction of sp³-hybridized carbons (Fsp3) is 0.500. The van der Waals surface area contributed by atoms with Crippen LogP contribution in [0.4, 0.5) is 0 Å². The van der Waals surface area contributed by atoms with Gasteiger partial charge in [-0.2, -0.15) is 4.31 Å². The zero-order valence-corrected chi connectivity index (χ0v) is 13.2. The number of carbonyl (C=O) groups is 1. The number of rotatable bonds is 3. The van der Waals surface area contributed by atoms with E-state index in [1.165, 1.54) is 0 Å². The van der Waals surface area contributed by atoms with Gasteiger partial charge in [0.1, 0.15) is 6.04 Å². The molecule has 0 aliphatic carbocycles. The van der Waals surface area contributed by atoms with E-state index in [0.29, 0.717) is 17.7 Å². The van der Waals surface area contributed by atoms with Crippen molar-refractivity contribution < 1.29 is 18.3 Å². The number of benzene rings is 1. The van der Waals surface area contributed by atoms with Crippen LogP contribution in [0.15, 0.2) is 17.0 Å². The summed E-state index contributed by atoms with van der Waals surface area (Å²) in [6.45, 7) is 6.12. The van der Waals surface area contributed by atoms with Crippen LogP contribution in [0, 0.1) is 20.8 Å². The van der Waals surface area contributed by atoms with Crippen LogP contribution < -0.4 is 5.32 Å². The molecule has 6 nitrogen and oxygen atoms in total. The minimum Gasteiger partial charge on any atom is -0.480 e. The Hall–Kier alpha value is -1.44. The molecule has 1 heterocycles. The van der Waals surface area contributed by atoms with Gasteiger partial charge in [-0.05, 0) is 31.9 Å². The Morgan fingerprint density at radius 2 is 1.86 bits per heavy atom. The van der Waals surface area contributed by atoms with Crippen LogP contribution >= 0.6 is 0 Å². The van der Waals surface area contributed by atoms with Gasteiger partial charge in [0.05, 0.1) is 4.90 Å². The molecule has 1 atom stereocenters. The molecule has 1 aromatic carbocycles. The molecule has 1 saturated heterocycles. The van der Waals surface area contributed by atoms with Crippen molar-refractivity contribution in [1.82, 2.24) is 9.62 Å². The number of aliphatic carboxylic acids is 1. The second kappa shape index (κ2) is 5.75. The van der Waals surface area contributed by atoms with Gasteiger partial charge in [0, 0.05) is 19.6 Å². The molecule has 1 aromatic rings. The second-order valence-corrected chi connectivity index (χ2v) is 7.23. The first-order chi connectivity index (χ1) is 9.75. The third-order valence-corrected chi connectivity index (χ3v) is 5.87. The smallest absolute Gasteiger partial charge is 0.323 e. The van der Waals surface area contributed by atoms with Crippen LogP contribution in [0.25, 0.3) is 0 Å². The molecular weight excluding hydrogens is 292 g/mol. The molecule has 116 valence electrons. The highest BCUT2D eigenvalue weighted by molar-refractivity contribution is 7.89. The van der Waals surface area contributed by atoms with E-state index >= 15 is 0 Å². The first kappa shape index (κ1) is 15.9. The molecule has 0 saturated carbocycles.